The van der Waals surface area contributed by atoms with Crippen molar-refractivity contribution >= 4 is 27.7 Å². The van der Waals surface area contributed by atoms with Gasteiger partial charge in [-0.1, -0.05) is 12.1 Å². The van der Waals surface area contributed by atoms with Crippen LogP contribution in [0.3, 0.4) is 0 Å². The summed E-state index contributed by atoms with van der Waals surface area (Å²) in [5.41, 5.74) is 4.53. The molecule has 3 N–H and O–H groups in total. The van der Waals surface area contributed by atoms with Gasteiger partial charge in [0.1, 0.15) is 5.56 Å². The maximum atomic E-state index is 13.8. The molecule has 0 saturated carbocycles. The second-order valence-corrected chi connectivity index (χ2v) is 6.51. The number of nitrogens with zero attached hydrogens (tertiary/aromatic N) is 1. The zero-order valence-electron chi connectivity index (χ0n) is 14.6. The average molecular weight is 385 g/mol. The van der Waals surface area contributed by atoms with E-state index in [2.05, 4.69) is 4.98 Å². The number of H-pyrrole nitrogens is 1. The van der Waals surface area contributed by atoms with Crippen LogP contribution in [-0.2, 0) is 6.18 Å². The van der Waals surface area contributed by atoms with Gasteiger partial charge in [-0.25, -0.2) is 0 Å². The Hall–Kier alpha value is -3.55. The van der Waals surface area contributed by atoms with Gasteiger partial charge in [-0.3, -0.25) is 9.59 Å². The SMILES string of the molecule is Cc1cccc2c1c(=O)c(C(N)=O)cn2-c1cc2[nH]ccc2cc1C(F)(F)F. The fraction of sp³-hybridized carbons (Fsp3) is 0.100. The number of benzene rings is 2. The Balaban J connectivity index is 2.22. The first kappa shape index (κ1) is 17.8. The van der Waals surface area contributed by atoms with Crippen LogP contribution >= 0.6 is 0 Å². The van der Waals surface area contributed by atoms with Crippen LogP contribution in [0.1, 0.15) is 21.5 Å². The van der Waals surface area contributed by atoms with Gasteiger partial charge in [0.15, 0.2) is 0 Å². The Morgan fingerprint density at radius 2 is 1.93 bits per heavy atom. The van der Waals surface area contributed by atoms with Crippen molar-refractivity contribution in [2.75, 3.05) is 0 Å². The minimum absolute atomic E-state index is 0.151. The quantitative estimate of drug-likeness (QED) is 0.549. The van der Waals surface area contributed by atoms with Crippen LogP contribution in [0, 0.1) is 6.92 Å². The molecular formula is C20H14F3N3O2. The number of pyridine rings is 1. The van der Waals surface area contributed by atoms with Crippen molar-refractivity contribution < 1.29 is 18.0 Å². The largest absolute Gasteiger partial charge is 0.418 e. The highest BCUT2D eigenvalue weighted by Crippen LogP contribution is 2.37. The summed E-state index contributed by atoms with van der Waals surface area (Å²) in [6.45, 7) is 1.65. The molecule has 4 aromatic rings. The number of halogens is 3. The molecule has 4 rings (SSSR count). The smallest absolute Gasteiger partial charge is 0.365 e. The summed E-state index contributed by atoms with van der Waals surface area (Å²) in [7, 11) is 0. The van der Waals surface area contributed by atoms with Crippen LogP contribution in [0.25, 0.3) is 27.5 Å². The van der Waals surface area contributed by atoms with Gasteiger partial charge < -0.3 is 15.3 Å². The van der Waals surface area contributed by atoms with Crippen molar-refractivity contribution in [2.24, 2.45) is 5.73 Å². The van der Waals surface area contributed by atoms with E-state index in [-0.39, 0.29) is 22.2 Å². The van der Waals surface area contributed by atoms with Gasteiger partial charge in [0.25, 0.3) is 5.91 Å². The third-order valence-corrected chi connectivity index (χ3v) is 4.74. The van der Waals surface area contributed by atoms with E-state index in [1.807, 2.05) is 0 Å². The zero-order valence-corrected chi connectivity index (χ0v) is 14.6. The lowest BCUT2D eigenvalue weighted by atomic mass is 10.0. The minimum Gasteiger partial charge on any atom is -0.365 e. The number of hydrogen-bond acceptors (Lipinski definition) is 2. The fourth-order valence-electron chi connectivity index (χ4n) is 3.43. The molecule has 0 unspecified atom stereocenters. The summed E-state index contributed by atoms with van der Waals surface area (Å²) in [5, 5.41) is 0.547. The van der Waals surface area contributed by atoms with Gasteiger partial charge in [-0.05, 0) is 36.8 Å². The lowest BCUT2D eigenvalue weighted by molar-refractivity contribution is -0.137. The maximum absolute atomic E-state index is 13.8. The van der Waals surface area contributed by atoms with Gasteiger partial charge in [0, 0.05) is 28.7 Å². The highest BCUT2D eigenvalue weighted by Gasteiger charge is 2.35. The second-order valence-electron chi connectivity index (χ2n) is 6.51. The number of aryl methyl sites for hydroxylation is 1. The highest BCUT2D eigenvalue weighted by molar-refractivity contribution is 5.97. The molecule has 5 nitrogen and oxygen atoms in total. The lowest BCUT2D eigenvalue weighted by Gasteiger charge is -2.19. The van der Waals surface area contributed by atoms with Crippen LogP contribution in [0.4, 0.5) is 13.2 Å². The molecular weight excluding hydrogens is 371 g/mol. The number of fused-ring (bicyclic) bond motifs is 2. The molecule has 0 atom stereocenters. The number of amides is 1. The number of hydrogen-bond donors (Lipinski definition) is 2. The number of aromatic nitrogens is 2. The van der Waals surface area contributed by atoms with E-state index in [9.17, 15) is 22.8 Å². The number of rotatable bonds is 2. The molecule has 0 fully saturated rings. The van der Waals surface area contributed by atoms with Gasteiger partial charge >= 0.3 is 6.18 Å². The average Bonchev–Trinajstić information content (AvgIpc) is 3.07. The summed E-state index contributed by atoms with van der Waals surface area (Å²) < 4.78 is 42.6. The Morgan fingerprint density at radius 3 is 2.61 bits per heavy atom. The Bertz CT molecular complexity index is 1320. The summed E-state index contributed by atoms with van der Waals surface area (Å²) in [4.78, 5) is 27.4. The summed E-state index contributed by atoms with van der Waals surface area (Å²) >= 11 is 0. The third-order valence-electron chi connectivity index (χ3n) is 4.74. The van der Waals surface area contributed by atoms with Crippen molar-refractivity contribution in [3.63, 3.8) is 0 Å². The first-order valence-corrected chi connectivity index (χ1v) is 8.32. The van der Waals surface area contributed by atoms with Gasteiger partial charge in [0.2, 0.25) is 5.43 Å². The Morgan fingerprint density at radius 1 is 1.18 bits per heavy atom. The maximum Gasteiger partial charge on any atom is 0.418 e. The molecule has 142 valence electrons. The number of nitrogens with two attached hydrogens (primary N) is 1. The molecule has 0 aliphatic carbocycles. The van der Waals surface area contributed by atoms with Gasteiger partial charge in [-0.15, -0.1) is 0 Å². The van der Waals surface area contributed by atoms with Crippen LogP contribution in [0.2, 0.25) is 0 Å². The first-order valence-electron chi connectivity index (χ1n) is 8.32. The van der Waals surface area contributed by atoms with Gasteiger partial charge in [-0.2, -0.15) is 13.2 Å². The molecule has 2 aromatic carbocycles. The standard InChI is InChI=1S/C20H14F3N3O2/c1-10-3-2-4-15-17(10)18(27)12(19(24)28)9-26(15)16-8-14-11(5-6-25-14)7-13(16)20(21,22)23/h2-9,25H,1H3,(H2,24,28). The zero-order chi connectivity index (χ0) is 20.2. The van der Waals surface area contributed by atoms with E-state index in [0.717, 1.165) is 12.3 Å². The molecule has 2 aromatic heterocycles. The van der Waals surface area contributed by atoms with Crippen LogP contribution in [0.5, 0.6) is 0 Å². The summed E-state index contributed by atoms with van der Waals surface area (Å²) in [6, 6.07) is 8.74. The molecule has 0 bridgehead atoms. The van der Waals surface area contributed by atoms with E-state index in [1.165, 1.54) is 29.0 Å². The number of carbonyl (C=O) groups excluding carboxylic acids is 1. The minimum atomic E-state index is -4.65. The Kier molecular flexibility index (Phi) is 3.81. The van der Waals surface area contributed by atoms with Crippen molar-refractivity contribution in [3.05, 3.63) is 75.7 Å². The number of alkyl halides is 3. The van der Waals surface area contributed by atoms with E-state index >= 15 is 0 Å². The van der Waals surface area contributed by atoms with Crippen molar-refractivity contribution in [1.29, 1.82) is 0 Å². The van der Waals surface area contributed by atoms with Crippen molar-refractivity contribution in [2.45, 2.75) is 13.1 Å². The van der Waals surface area contributed by atoms with Crippen molar-refractivity contribution in [3.8, 4) is 5.69 Å². The molecule has 0 aliphatic heterocycles. The second kappa shape index (κ2) is 5.98. The molecule has 0 saturated heterocycles. The van der Waals surface area contributed by atoms with Crippen LogP contribution < -0.4 is 11.2 Å². The molecule has 2 heterocycles. The van der Waals surface area contributed by atoms with Crippen LogP contribution in [0.15, 0.2) is 53.6 Å². The van der Waals surface area contributed by atoms with Crippen LogP contribution in [-0.4, -0.2) is 15.5 Å². The first-order chi connectivity index (χ1) is 13.2. The molecule has 1 amide bonds. The number of nitrogens with one attached hydrogen (secondary N) is 1. The van der Waals surface area contributed by atoms with E-state index in [0.29, 0.717) is 16.5 Å². The monoisotopic (exact) mass is 385 g/mol. The molecule has 0 spiro atoms. The topological polar surface area (TPSA) is 80.9 Å². The third kappa shape index (κ3) is 2.65. The number of carbonyl (C=O) groups is 1. The highest BCUT2D eigenvalue weighted by atomic mass is 19.4. The van der Waals surface area contributed by atoms with Gasteiger partial charge in [0.05, 0.1) is 16.8 Å². The van der Waals surface area contributed by atoms with E-state index in [4.69, 9.17) is 5.73 Å². The molecule has 0 aliphatic rings. The molecule has 28 heavy (non-hydrogen) atoms. The molecule has 0 radical (unpaired) electrons. The summed E-state index contributed by atoms with van der Waals surface area (Å²) in [6.07, 6.45) is -2.03. The van der Waals surface area contributed by atoms with E-state index < -0.39 is 23.1 Å². The normalized spacial score (nSPS) is 12.0. The predicted molar refractivity (Wildman–Crippen MR) is 99.7 cm³/mol. The van der Waals surface area contributed by atoms with E-state index in [1.54, 1.807) is 19.1 Å². The fourth-order valence-corrected chi connectivity index (χ4v) is 3.43. The Labute approximate surface area is 156 Å². The summed E-state index contributed by atoms with van der Waals surface area (Å²) in [5.74, 6) is -1.00. The molecule has 8 heteroatoms. The predicted octanol–water partition coefficient (Wildman–Crippen LogP) is 3.90. The number of aromatic amines is 1. The lowest BCUT2D eigenvalue weighted by Crippen LogP contribution is -2.25. The number of primary amides is 1. The van der Waals surface area contributed by atoms with Crippen molar-refractivity contribution in [1.82, 2.24) is 9.55 Å².